The lowest BCUT2D eigenvalue weighted by atomic mass is 9.97. The zero-order chi connectivity index (χ0) is 30.2. The molecule has 1 fully saturated rings. The van der Waals surface area contributed by atoms with Crippen LogP contribution >= 0.6 is 0 Å². The van der Waals surface area contributed by atoms with Gasteiger partial charge in [-0.2, -0.15) is 17.2 Å². The van der Waals surface area contributed by atoms with Gasteiger partial charge in [0.15, 0.2) is 26.6 Å². The molecule has 1 saturated heterocycles. The molecule has 1 heterocycles. The summed E-state index contributed by atoms with van der Waals surface area (Å²) >= 11 is 0. The summed E-state index contributed by atoms with van der Waals surface area (Å²) in [4.78, 5) is 2.39. The molecular formula is C29H31F4O6S2+. The molecule has 3 aromatic rings. The molecule has 0 aliphatic carbocycles. The first kappa shape index (κ1) is 31.3. The summed E-state index contributed by atoms with van der Waals surface area (Å²) in [5.74, 6) is -4.96. The maximum absolute atomic E-state index is 14.4. The Morgan fingerprint density at radius 1 is 0.951 bits per heavy atom. The SMILES string of the molecule is CC(C)C1OC(C)(c2ccc([S+](c3ccccc3)c3cccc(OC(C)C(F)(F)S(=O)(=O)O)c3)cc2)OCC1(F)F. The van der Waals surface area contributed by atoms with E-state index >= 15 is 0 Å². The largest absolute Gasteiger partial charge is 0.483 e. The quantitative estimate of drug-likeness (QED) is 0.160. The Bertz CT molecular complexity index is 1450. The van der Waals surface area contributed by atoms with Crippen LogP contribution in [-0.4, -0.2) is 43.0 Å². The van der Waals surface area contributed by atoms with Crippen molar-refractivity contribution in [3.63, 3.8) is 0 Å². The maximum atomic E-state index is 14.4. The lowest BCUT2D eigenvalue weighted by Crippen LogP contribution is -2.54. The molecule has 222 valence electrons. The molecule has 0 amide bonds. The van der Waals surface area contributed by atoms with Gasteiger partial charge in [0, 0.05) is 11.6 Å². The molecule has 41 heavy (non-hydrogen) atoms. The molecule has 0 bridgehead atoms. The normalized spacial score (nSPS) is 22.7. The van der Waals surface area contributed by atoms with E-state index in [4.69, 9.17) is 18.8 Å². The van der Waals surface area contributed by atoms with Gasteiger partial charge in [-0.05, 0) is 68.3 Å². The third-order valence-electron chi connectivity index (χ3n) is 6.68. The third-order valence-corrected chi connectivity index (χ3v) is 9.91. The van der Waals surface area contributed by atoms with Crippen molar-refractivity contribution in [3.8, 4) is 5.75 Å². The maximum Gasteiger partial charge on any atom is 0.405 e. The van der Waals surface area contributed by atoms with Gasteiger partial charge in [-0.1, -0.05) is 38.1 Å². The summed E-state index contributed by atoms with van der Waals surface area (Å²) in [6.45, 7) is 5.02. The van der Waals surface area contributed by atoms with E-state index in [9.17, 15) is 26.0 Å². The van der Waals surface area contributed by atoms with Gasteiger partial charge >= 0.3 is 15.4 Å². The van der Waals surface area contributed by atoms with Crippen LogP contribution in [0.2, 0.25) is 0 Å². The van der Waals surface area contributed by atoms with Gasteiger partial charge in [0.2, 0.25) is 0 Å². The van der Waals surface area contributed by atoms with E-state index in [1.54, 1.807) is 45.0 Å². The van der Waals surface area contributed by atoms with Crippen molar-refractivity contribution in [2.45, 2.75) is 71.6 Å². The molecule has 12 heteroatoms. The Morgan fingerprint density at radius 3 is 2.12 bits per heavy atom. The van der Waals surface area contributed by atoms with Crippen molar-refractivity contribution in [1.82, 2.24) is 0 Å². The van der Waals surface area contributed by atoms with Crippen molar-refractivity contribution in [2.24, 2.45) is 5.92 Å². The fourth-order valence-corrected chi connectivity index (χ4v) is 7.04. The number of benzene rings is 3. The summed E-state index contributed by atoms with van der Waals surface area (Å²) in [5, 5.41) is -4.52. The summed E-state index contributed by atoms with van der Waals surface area (Å²) in [6, 6.07) is 22.8. The van der Waals surface area contributed by atoms with Crippen LogP contribution in [0.25, 0.3) is 0 Å². The van der Waals surface area contributed by atoms with Gasteiger partial charge < -0.3 is 14.2 Å². The van der Waals surface area contributed by atoms with Crippen LogP contribution in [0.5, 0.6) is 5.75 Å². The van der Waals surface area contributed by atoms with Crippen molar-refractivity contribution in [1.29, 1.82) is 0 Å². The van der Waals surface area contributed by atoms with Crippen LogP contribution in [0.4, 0.5) is 17.6 Å². The molecule has 1 aliphatic rings. The van der Waals surface area contributed by atoms with E-state index in [2.05, 4.69) is 0 Å². The minimum Gasteiger partial charge on any atom is -0.483 e. The smallest absolute Gasteiger partial charge is 0.405 e. The van der Waals surface area contributed by atoms with E-state index in [1.165, 1.54) is 12.1 Å². The molecule has 4 atom stereocenters. The minimum atomic E-state index is -5.69. The standard InChI is InChI=1S/C29H30F4O6S2/c1-19(2)26-28(30,31)18-37-27(4,39-26)21-13-15-24(16-14-21)40(23-10-6-5-7-11-23)25-12-8-9-22(17-25)38-20(3)29(32,33)41(34,35)36/h5-17,19-20,26H,18H2,1-4H3/p+1. The van der Waals surface area contributed by atoms with E-state index in [1.807, 2.05) is 42.5 Å². The van der Waals surface area contributed by atoms with Crippen LogP contribution in [0.3, 0.4) is 0 Å². The molecule has 4 unspecified atom stereocenters. The zero-order valence-corrected chi connectivity index (χ0v) is 24.4. The predicted octanol–water partition coefficient (Wildman–Crippen LogP) is 6.91. The van der Waals surface area contributed by atoms with Crippen molar-refractivity contribution in [2.75, 3.05) is 6.61 Å². The number of halogens is 4. The summed E-state index contributed by atoms with van der Waals surface area (Å²) in [5.41, 5.74) is 0.553. The highest BCUT2D eigenvalue weighted by Crippen LogP contribution is 2.42. The Kier molecular flexibility index (Phi) is 8.83. The summed E-state index contributed by atoms with van der Waals surface area (Å²) in [7, 11) is -6.45. The molecule has 0 spiro atoms. The Labute approximate surface area is 239 Å². The molecule has 0 radical (unpaired) electrons. The molecular weight excluding hydrogens is 584 g/mol. The average molecular weight is 616 g/mol. The van der Waals surface area contributed by atoms with E-state index in [0.717, 1.165) is 16.7 Å². The van der Waals surface area contributed by atoms with Gasteiger partial charge in [-0.25, -0.2) is 8.78 Å². The van der Waals surface area contributed by atoms with Gasteiger partial charge in [0.1, 0.15) is 18.5 Å². The van der Waals surface area contributed by atoms with Gasteiger partial charge in [-0.15, -0.1) is 0 Å². The van der Waals surface area contributed by atoms with Gasteiger partial charge in [0.05, 0.1) is 10.9 Å². The van der Waals surface area contributed by atoms with Crippen LogP contribution in [0.1, 0.15) is 33.3 Å². The van der Waals surface area contributed by atoms with Crippen molar-refractivity contribution in [3.05, 3.63) is 84.4 Å². The Hall–Kier alpha value is -2.64. The van der Waals surface area contributed by atoms with E-state index in [-0.39, 0.29) is 5.75 Å². The van der Waals surface area contributed by atoms with Crippen LogP contribution in [0.15, 0.2) is 93.5 Å². The summed E-state index contributed by atoms with van der Waals surface area (Å²) in [6.07, 6.45) is -3.48. The number of hydrogen-bond acceptors (Lipinski definition) is 5. The Balaban J connectivity index is 1.67. The second kappa shape index (κ2) is 11.6. The highest BCUT2D eigenvalue weighted by Gasteiger charge is 2.53. The number of rotatable bonds is 9. The first-order valence-electron chi connectivity index (χ1n) is 12.8. The fourth-order valence-electron chi connectivity index (χ4n) is 4.47. The monoisotopic (exact) mass is 615 g/mol. The summed E-state index contributed by atoms with van der Waals surface area (Å²) < 4.78 is 105. The van der Waals surface area contributed by atoms with Crippen LogP contribution in [0, 0.1) is 5.92 Å². The third kappa shape index (κ3) is 6.56. The molecule has 0 aromatic heterocycles. The van der Waals surface area contributed by atoms with Crippen molar-refractivity contribution >= 4 is 21.0 Å². The minimum absolute atomic E-state index is 0.0134. The lowest BCUT2D eigenvalue weighted by molar-refractivity contribution is -0.368. The molecule has 3 aromatic carbocycles. The second-order valence-corrected chi connectivity index (χ2v) is 13.7. The van der Waals surface area contributed by atoms with Crippen molar-refractivity contribution < 1.29 is 44.7 Å². The fraction of sp³-hybridized carbons (Fsp3) is 0.379. The first-order valence-corrected chi connectivity index (χ1v) is 15.4. The van der Waals surface area contributed by atoms with Crippen LogP contribution < -0.4 is 4.74 Å². The first-order chi connectivity index (χ1) is 19.0. The molecule has 1 N–H and O–H groups in total. The highest BCUT2D eigenvalue weighted by molar-refractivity contribution is 7.97. The lowest BCUT2D eigenvalue weighted by Gasteiger charge is -2.44. The molecule has 6 nitrogen and oxygen atoms in total. The topological polar surface area (TPSA) is 82.1 Å². The molecule has 4 rings (SSSR count). The zero-order valence-electron chi connectivity index (χ0n) is 22.8. The van der Waals surface area contributed by atoms with E-state index in [0.29, 0.717) is 10.5 Å². The number of ether oxygens (including phenoxy) is 3. The Morgan fingerprint density at radius 2 is 1.54 bits per heavy atom. The average Bonchev–Trinajstić information content (AvgIpc) is 2.91. The van der Waals surface area contributed by atoms with Gasteiger partial charge in [-0.3, -0.25) is 4.55 Å². The molecule has 0 saturated carbocycles. The molecule has 1 aliphatic heterocycles. The second-order valence-electron chi connectivity index (χ2n) is 10.2. The highest BCUT2D eigenvalue weighted by atomic mass is 32.2. The number of hydrogen-bond donors (Lipinski definition) is 1. The van der Waals surface area contributed by atoms with E-state index < -0.39 is 62.7 Å². The van der Waals surface area contributed by atoms with Crippen LogP contribution in [-0.2, 0) is 36.3 Å². The van der Waals surface area contributed by atoms with Gasteiger partial charge in [0.25, 0.3) is 5.92 Å². The predicted molar refractivity (Wildman–Crippen MR) is 146 cm³/mol. The number of alkyl halides is 4.